The average Bonchev–Trinajstić information content (AvgIpc) is 2.19. The molecule has 0 unspecified atom stereocenters. The quantitative estimate of drug-likeness (QED) is 0.604. The molecule has 0 amide bonds. The predicted octanol–water partition coefficient (Wildman–Crippen LogP) is 0.267. The average molecular weight is 185 g/mol. The van der Waals surface area contributed by atoms with E-state index in [1.165, 1.54) is 32.5 Å². The maximum absolute atomic E-state index is 5.42. The molecule has 0 aliphatic carbocycles. The van der Waals surface area contributed by atoms with Gasteiger partial charge in [-0.2, -0.15) is 0 Å². The van der Waals surface area contributed by atoms with Gasteiger partial charge in [0.2, 0.25) is 0 Å². The fraction of sp³-hybridized carbons (Fsp3) is 1.00. The first kappa shape index (κ1) is 11.0. The summed E-state index contributed by atoms with van der Waals surface area (Å²) in [5, 5.41) is 3.39. The Hall–Kier alpha value is -0.120. The lowest BCUT2D eigenvalue weighted by Gasteiger charge is -2.31. The monoisotopic (exact) mass is 185 g/mol. The number of hydrogen-bond donors (Lipinski definition) is 2. The standard InChI is InChI=1S/C10H23N3/c1-2-13-7-3-10(4-8-13)9-12-6-5-11/h10,12H,2-9,11H2,1H3. The van der Waals surface area contributed by atoms with Crippen molar-refractivity contribution in [1.82, 2.24) is 10.2 Å². The third-order valence-corrected chi connectivity index (χ3v) is 2.91. The van der Waals surface area contributed by atoms with E-state index >= 15 is 0 Å². The van der Waals surface area contributed by atoms with Gasteiger partial charge in [-0.3, -0.25) is 0 Å². The number of nitrogens with zero attached hydrogens (tertiary/aromatic N) is 1. The van der Waals surface area contributed by atoms with Gasteiger partial charge >= 0.3 is 0 Å². The lowest BCUT2D eigenvalue weighted by molar-refractivity contribution is 0.190. The van der Waals surface area contributed by atoms with Gasteiger partial charge in [-0.15, -0.1) is 0 Å². The second kappa shape index (κ2) is 6.35. The van der Waals surface area contributed by atoms with Crippen LogP contribution in [-0.2, 0) is 0 Å². The highest BCUT2D eigenvalue weighted by Gasteiger charge is 2.16. The van der Waals surface area contributed by atoms with Crippen molar-refractivity contribution in [1.29, 1.82) is 0 Å². The van der Waals surface area contributed by atoms with E-state index in [-0.39, 0.29) is 0 Å². The Balaban J connectivity index is 2.03. The van der Waals surface area contributed by atoms with Gasteiger partial charge in [0.1, 0.15) is 0 Å². The molecular formula is C10H23N3. The molecule has 3 nitrogen and oxygen atoms in total. The lowest BCUT2D eigenvalue weighted by atomic mass is 9.97. The summed E-state index contributed by atoms with van der Waals surface area (Å²) >= 11 is 0. The number of likely N-dealkylation sites (tertiary alicyclic amines) is 1. The van der Waals surface area contributed by atoms with Crippen LogP contribution < -0.4 is 11.1 Å². The molecule has 0 bridgehead atoms. The van der Waals surface area contributed by atoms with Gasteiger partial charge in [-0.1, -0.05) is 6.92 Å². The van der Waals surface area contributed by atoms with Crippen molar-refractivity contribution in [2.45, 2.75) is 19.8 Å². The first-order valence-electron chi connectivity index (χ1n) is 5.50. The number of nitrogens with one attached hydrogen (secondary N) is 1. The summed E-state index contributed by atoms with van der Waals surface area (Å²) in [7, 11) is 0. The van der Waals surface area contributed by atoms with Crippen molar-refractivity contribution in [2.24, 2.45) is 11.7 Å². The number of piperidine rings is 1. The third-order valence-electron chi connectivity index (χ3n) is 2.91. The molecule has 0 atom stereocenters. The fourth-order valence-corrected chi connectivity index (χ4v) is 1.92. The highest BCUT2D eigenvalue weighted by molar-refractivity contribution is 4.72. The van der Waals surface area contributed by atoms with Crippen LogP contribution in [0.1, 0.15) is 19.8 Å². The van der Waals surface area contributed by atoms with E-state index < -0.39 is 0 Å². The Kier molecular flexibility index (Phi) is 5.35. The largest absolute Gasteiger partial charge is 0.329 e. The van der Waals surface area contributed by atoms with Gasteiger partial charge in [0, 0.05) is 13.1 Å². The third kappa shape index (κ3) is 4.07. The molecule has 1 fully saturated rings. The van der Waals surface area contributed by atoms with E-state index in [0.29, 0.717) is 0 Å². The van der Waals surface area contributed by atoms with E-state index in [2.05, 4.69) is 17.1 Å². The normalized spacial score (nSPS) is 20.8. The van der Waals surface area contributed by atoms with Crippen LogP contribution >= 0.6 is 0 Å². The summed E-state index contributed by atoms with van der Waals surface area (Å²) in [5.41, 5.74) is 5.42. The molecule has 0 aromatic carbocycles. The molecule has 0 aromatic rings. The van der Waals surface area contributed by atoms with Crippen LogP contribution in [0.4, 0.5) is 0 Å². The summed E-state index contributed by atoms with van der Waals surface area (Å²) in [6, 6.07) is 0. The smallest absolute Gasteiger partial charge is 0.00746 e. The van der Waals surface area contributed by atoms with Crippen molar-refractivity contribution >= 4 is 0 Å². The topological polar surface area (TPSA) is 41.3 Å². The van der Waals surface area contributed by atoms with Crippen molar-refractivity contribution in [2.75, 3.05) is 39.3 Å². The van der Waals surface area contributed by atoms with Gasteiger partial charge in [0.05, 0.1) is 0 Å². The predicted molar refractivity (Wildman–Crippen MR) is 56.8 cm³/mol. The molecule has 0 spiro atoms. The van der Waals surface area contributed by atoms with Crippen molar-refractivity contribution in [3.05, 3.63) is 0 Å². The molecule has 0 saturated carbocycles. The van der Waals surface area contributed by atoms with E-state index in [1.54, 1.807) is 0 Å². The summed E-state index contributed by atoms with van der Waals surface area (Å²) < 4.78 is 0. The van der Waals surface area contributed by atoms with Crippen LogP contribution in [0.3, 0.4) is 0 Å². The summed E-state index contributed by atoms with van der Waals surface area (Å²) in [5.74, 6) is 0.884. The Morgan fingerprint density at radius 3 is 2.62 bits per heavy atom. The van der Waals surface area contributed by atoms with E-state index in [9.17, 15) is 0 Å². The number of hydrogen-bond acceptors (Lipinski definition) is 3. The Morgan fingerprint density at radius 1 is 1.38 bits per heavy atom. The Labute approximate surface area is 81.7 Å². The van der Waals surface area contributed by atoms with Gasteiger partial charge in [-0.05, 0) is 44.9 Å². The molecule has 1 saturated heterocycles. The van der Waals surface area contributed by atoms with Crippen LogP contribution in [0.5, 0.6) is 0 Å². The van der Waals surface area contributed by atoms with Crippen LogP contribution in [-0.4, -0.2) is 44.2 Å². The van der Waals surface area contributed by atoms with E-state index in [4.69, 9.17) is 5.73 Å². The highest BCUT2D eigenvalue weighted by Crippen LogP contribution is 2.15. The minimum Gasteiger partial charge on any atom is -0.329 e. The maximum Gasteiger partial charge on any atom is 0.00746 e. The van der Waals surface area contributed by atoms with Crippen LogP contribution in [0.15, 0.2) is 0 Å². The Morgan fingerprint density at radius 2 is 2.08 bits per heavy atom. The molecule has 0 aromatic heterocycles. The molecule has 1 heterocycles. The number of rotatable bonds is 5. The second-order valence-corrected chi connectivity index (χ2v) is 3.87. The zero-order chi connectivity index (χ0) is 9.52. The zero-order valence-electron chi connectivity index (χ0n) is 8.76. The van der Waals surface area contributed by atoms with Gasteiger partial charge < -0.3 is 16.0 Å². The van der Waals surface area contributed by atoms with E-state index in [0.717, 1.165) is 25.6 Å². The maximum atomic E-state index is 5.42. The first-order valence-corrected chi connectivity index (χ1v) is 5.50. The number of nitrogens with two attached hydrogens (primary N) is 1. The minimum atomic E-state index is 0.758. The minimum absolute atomic E-state index is 0.758. The molecule has 13 heavy (non-hydrogen) atoms. The molecule has 78 valence electrons. The van der Waals surface area contributed by atoms with Crippen molar-refractivity contribution in [3.63, 3.8) is 0 Å². The molecule has 3 heteroatoms. The Bertz CT molecular complexity index is 117. The van der Waals surface area contributed by atoms with Crippen LogP contribution in [0.2, 0.25) is 0 Å². The fourth-order valence-electron chi connectivity index (χ4n) is 1.92. The molecule has 0 radical (unpaired) electrons. The zero-order valence-corrected chi connectivity index (χ0v) is 8.76. The first-order chi connectivity index (χ1) is 6.36. The van der Waals surface area contributed by atoms with Crippen molar-refractivity contribution < 1.29 is 0 Å². The van der Waals surface area contributed by atoms with E-state index in [1.807, 2.05) is 0 Å². The lowest BCUT2D eigenvalue weighted by Crippen LogP contribution is -2.37. The second-order valence-electron chi connectivity index (χ2n) is 3.87. The van der Waals surface area contributed by atoms with Gasteiger partial charge in [0.25, 0.3) is 0 Å². The van der Waals surface area contributed by atoms with Gasteiger partial charge in [0.15, 0.2) is 0 Å². The molecule has 3 N–H and O–H groups in total. The molecule has 1 aliphatic rings. The van der Waals surface area contributed by atoms with Crippen molar-refractivity contribution in [3.8, 4) is 0 Å². The highest BCUT2D eigenvalue weighted by atomic mass is 15.1. The SMILES string of the molecule is CCN1CCC(CNCCN)CC1. The molecule has 1 aliphatic heterocycles. The summed E-state index contributed by atoms with van der Waals surface area (Å²) in [6.45, 7) is 8.91. The molecular weight excluding hydrogens is 162 g/mol. The van der Waals surface area contributed by atoms with Crippen LogP contribution in [0.25, 0.3) is 0 Å². The summed E-state index contributed by atoms with van der Waals surface area (Å²) in [6.07, 6.45) is 2.71. The van der Waals surface area contributed by atoms with Crippen LogP contribution in [0, 0.1) is 5.92 Å². The summed E-state index contributed by atoms with van der Waals surface area (Å²) in [4.78, 5) is 2.53. The van der Waals surface area contributed by atoms with Gasteiger partial charge in [-0.25, -0.2) is 0 Å². The molecule has 1 rings (SSSR count).